The maximum absolute atomic E-state index is 2.91. The highest BCUT2D eigenvalue weighted by atomic mass is 15.6. The number of rotatable bonds is 6. The third kappa shape index (κ3) is 7.80. The number of hydrazine groups is 2. The molecule has 0 heterocycles. The van der Waals surface area contributed by atoms with Gasteiger partial charge in [0.2, 0.25) is 0 Å². The van der Waals surface area contributed by atoms with Gasteiger partial charge in [-0.2, -0.15) is 5.53 Å². The summed E-state index contributed by atoms with van der Waals surface area (Å²) in [7, 11) is 3.74. The molecule has 0 radical (unpaired) electrons. The van der Waals surface area contributed by atoms with Crippen LogP contribution in [0.4, 0.5) is 0 Å². The quantitative estimate of drug-likeness (QED) is 0.164. The van der Waals surface area contributed by atoms with Crippen molar-refractivity contribution in [2.24, 2.45) is 0 Å². The Morgan fingerprint density at radius 2 is 1.33 bits per heavy atom. The van der Waals surface area contributed by atoms with E-state index in [1.165, 1.54) is 0 Å². The molecule has 0 rings (SSSR count). The Morgan fingerprint density at radius 3 is 1.67 bits per heavy atom. The summed E-state index contributed by atoms with van der Waals surface area (Å²) < 4.78 is 0. The molecule has 9 heavy (non-hydrogen) atoms. The van der Waals surface area contributed by atoms with Crippen LogP contribution in [-0.2, 0) is 0 Å². The van der Waals surface area contributed by atoms with Gasteiger partial charge in [0.05, 0.1) is 13.3 Å². The molecule has 0 aliphatic rings. The first kappa shape index (κ1) is 8.80. The lowest BCUT2D eigenvalue weighted by molar-refractivity contribution is 0.412. The molecule has 0 amide bonds. The molecule has 0 saturated heterocycles. The lowest BCUT2D eigenvalue weighted by atomic mass is 11.1. The van der Waals surface area contributed by atoms with Crippen molar-refractivity contribution in [2.75, 3.05) is 27.4 Å². The number of hydrogen-bond donors (Lipinski definition) is 5. The Balaban J connectivity index is 2.60. The van der Waals surface area contributed by atoms with Gasteiger partial charge in [0.25, 0.3) is 0 Å². The van der Waals surface area contributed by atoms with E-state index in [0.717, 1.165) is 13.3 Å². The third-order valence-corrected chi connectivity index (χ3v) is 0.707. The van der Waals surface area contributed by atoms with Crippen molar-refractivity contribution >= 4 is 0 Å². The molecule has 5 nitrogen and oxygen atoms in total. The van der Waals surface area contributed by atoms with Crippen molar-refractivity contribution in [3.05, 3.63) is 0 Å². The fourth-order valence-electron chi connectivity index (χ4n) is 0.328. The Hall–Kier alpha value is -0.200. The molecule has 0 aromatic carbocycles. The third-order valence-electron chi connectivity index (χ3n) is 0.707. The minimum atomic E-state index is 0.733. The molecule has 0 aromatic rings. The largest absolute Gasteiger partial charge is 0.307 e. The Morgan fingerprint density at radius 1 is 0.889 bits per heavy atom. The Kier molecular flexibility index (Phi) is 7.63. The van der Waals surface area contributed by atoms with E-state index >= 15 is 0 Å². The van der Waals surface area contributed by atoms with Crippen LogP contribution in [-0.4, -0.2) is 27.4 Å². The molecule has 0 bridgehead atoms. The van der Waals surface area contributed by atoms with Gasteiger partial charge < -0.3 is 10.6 Å². The molecule has 56 valence electrons. The molecule has 5 heteroatoms. The standard InChI is InChI=1S/C4H15N5/c1-5-3-7-9-8-4-6-2/h5-9H,3-4H2,1-2H3. The summed E-state index contributed by atoms with van der Waals surface area (Å²) in [5.74, 6) is 0. The first-order chi connectivity index (χ1) is 4.41. The van der Waals surface area contributed by atoms with Crippen LogP contribution in [0.1, 0.15) is 0 Å². The maximum atomic E-state index is 2.91. The van der Waals surface area contributed by atoms with Crippen LogP contribution >= 0.6 is 0 Å². The van der Waals surface area contributed by atoms with E-state index in [1.807, 2.05) is 14.1 Å². The smallest absolute Gasteiger partial charge is 0.0600 e. The van der Waals surface area contributed by atoms with E-state index in [9.17, 15) is 0 Å². The second-order valence-electron chi connectivity index (χ2n) is 1.54. The van der Waals surface area contributed by atoms with E-state index in [-0.39, 0.29) is 0 Å². The van der Waals surface area contributed by atoms with Crippen molar-refractivity contribution in [1.29, 1.82) is 0 Å². The van der Waals surface area contributed by atoms with E-state index in [0.29, 0.717) is 0 Å². The molecule has 0 aromatic heterocycles. The minimum Gasteiger partial charge on any atom is -0.307 e. The SMILES string of the molecule is CNCNNNCNC. The van der Waals surface area contributed by atoms with Gasteiger partial charge in [-0.1, -0.05) is 0 Å². The lowest BCUT2D eigenvalue weighted by Crippen LogP contribution is -2.49. The summed E-state index contributed by atoms with van der Waals surface area (Å²) in [5, 5.41) is 5.82. The summed E-state index contributed by atoms with van der Waals surface area (Å²) in [6, 6.07) is 0. The number of hydrogen-bond acceptors (Lipinski definition) is 5. The van der Waals surface area contributed by atoms with Crippen molar-refractivity contribution in [2.45, 2.75) is 0 Å². The molecule has 0 aliphatic carbocycles. The van der Waals surface area contributed by atoms with Gasteiger partial charge in [0.1, 0.15) is 0 Å². The van der Waals surface area contributed by atoms with Gasteiger partial charge in [-0.15, -0.1) is 0 Å². The van der Waals surface area contributed by atoms with E-state index in [2.05, 4.69) is 27.0 Å². The molecule has 0 atom stereocenters. The average molecular weight is 133 g/mol. The van der Waals surface area contributed by atoms with Crippen LogP contribution in [0, 0.1) is 0 Å². The van der Waals surface area contributed by atoms with E-state index in [4.69, 9.17) is 0 Å². The van der Waals surface area contributed by atoms with Crippen LogP contribution < -0.4 is 27.0 Å². The highest BCUT2D eigenvalue weighted by Gasteiger charge is 1.77. The predicted molar refractivity (Wildman–Crippen MR) is 37.3 cm³/mol. The van der Waals surface area contributed by atoms with Crippen LogP contribution in [0.5, 0.6) is 0 Å². The lowest BCUT2D eigenvalue weighted by Gasteiger charge is -2.06. The van der Waals surface area contributed by atoms with Crippen molar-refractivity contribution < 1.29 is 0 Å². The zero-order valence-electron chi connectivity index (χ0n) is 5.91. The van der Waals surface area contributed by atoms with Gasteiger partial charge in [-0.25, -0.2) is 10.9 Å². The van der Waals surface area contributed by atoms with Crippen LogP contribution in [0.2, 0.25) is 0 Å². The highest BCUT2D eigenvalue weighted by molar-refractivity contribution is 4.29. The molecule has 0 aliphatic heterocycles. The maximum Gasteiger partial charge on any atom is 0.0600 e. The van der Waals surface area contributed by atoms with Crippen molar-refractivity contribution in [3.8, 4) is 0 Å². The van der Waals surface area contributed by atoms with Gasteiger partial charge in [0, 0.05) is 0 Å². The Labute approximate surface area is 55.5 Å². The normalized spacial score (nSPS) is 10.0. The van der Waals surface area contributed by atoms with Crippen molar-refractivity contribution in [3.63, 3.8) is 0 Å². The summed E-state index contributed by atoms with van der Waals surface area (Å²) >= 11 is 0. The van der Waals surface area contributed by atoms with Crippen LogP contribution in [0.15, 0.2) is 0 Å². The molecule has 0 unspecified atom stereocenters. The van der Waals surface area contributed by atoms with E-state index < -0.39 is 0 Å². The summed E-state index contributed by atoms with van der Waals surface area (Å²) in [4.78, 5) is 0. The second kappa shape index (κ2) is 7.80. The Bertz CT molecular complexity index is 42.2. The minimum absolute atomic E-state index is 0.733. The fraction of sp³-hybridized carbons (Fsp3) is 1.00. The predicted octanol–water partition coefficient (Wildman–Crippen LogP) is -2.06. The zero-order valence-corrected chi connectivity index (χ0v) is 5.91. The van der Waals surface area contributed by atoms with Crippen molar-refractivity contribution in [1.82, 2.24) is 27.0 Å². The molecular formula is C4H15N5. The summed E-state index contributed by atoms with van der Waals surface area (Å²) in [5.41, 5.74) is 8.48. The van der Waals surface area contributed by atoms with Gasteiger partial charge in [0.15, 0.2) is 0 Å². The van der Waals surface area contributed by atoms with Crippen LogP contribution in [0.25, 0.3) is 0 Å². The summed E-state index contributed by atoms with van der Waals surface area (Å²) in [6.45, 7) is 1.47. The zero-order chi connectivity index (χ0) is 6.95. The first-order valence-corrected chi connectivity index (χ1v) is 2.91. The molecular weight excluding hydrogens is 118 g/mol. The monoisotopic (exact) mass is 133 g/mol. The van der Waals surface area contributed by atoms with Gasteiger partial charge in [-0.05, 0) is 14.1 Å². The molecule has 5 N–H and O–H groups in total. The summed E-state index contributed by atoms with van der Waals surface area (Å²) in [6.07, 6.45) is 0. The van der Waals surface area contributed by atoms with Gasteiger partial charge >= 0.3 is 0 Å². The molecule has 0 spiro atoms. The molecule has 0 fully saturated rings. The highest BCUT2D eigenvalue weighted by Crippen LogP contribution is 1.38. The first-order valence-electron chi connectivity index (χ1n) is 2.91. The average Bonchev–Trinajstić information content (AvgIpc) is 1.89. The topological polar surface area (TPSA) is 60.1 Å². The van der Waals surface area contributed by atoms with Gasteiger partial charge in [-0.3, -0.25) is 0 Å². The number of nitrogens with one attached hydrogen (secondary N) is 5. The second-order valence-corrected chi connectivity index (χ2v) is 1.54. The van der Waals surface area contributed by atoms with E-state index in [1.54, 1.807) is 0 Å². The van der Waals surface area contributed by atoms with Crippen LogP contribution in [0.3, 0.4) is 0 Å². The fourth-order valence-corrected chi connectivity index (χ4v) is 0.328. The molecule has 0 saturated carbocycles.